The molecule has 0 saturated carbocycles. The molecule has 2 rings (SSSR count). The second kappa shape index (κ2) is 6.26. The number of hydrogen-bond acceptors (Lipinski definition) is 4. The summed E-state index contributed by atoms with van der Waals surface area (Å²) in [6.45, 7) is 0.834. The van der Waals surface area contributed by atoms with Crippen molar-refractivity contribution in [3.8, 4) is 0 Å². The third kappa shape index (κ3) is 3.76. The van der Waals surface area contributed by atoms with Crippen LogP contribution in [0.5, 0.6) is 0 Å². The molecule has 3 nitrogen and oxygen atoms in total. The second-order valence-electron chi connectivity index (χ2n) is 3.65. The fraction of sp³-hybridized carbons (Fsp3) is 0.167. The lowest BCUT2D eigenvalue weighted by atomic mass is 10.3. The fourth-order valence-corrected chi connectivity index (χ4v) is 3.07. The van der Waals surface area contributed by atoms with E-state index in [0.717, 1.165) is 22.6 Å². The quantitative estimate of drug-likeness (QED) is 0.820. The lowest BCUT2D eigenvalue weighted by Crippen LogP contribution is -2.13. The molecule has 2 aromatic heterocycles. The van der Waals surface area contributed by atoms with Crippen molar-refractivity contribution >= 4 is 50.3 Å². The Hall–Kier alpha value is -0.980. The SMILES string of the molecule is NC(=S)c1cccc(NCCc2ccc(Br)s2)n1. The largest absolute Gasteiger partial charge is 0.388 e. The molecule has 0 aromatic carbocycles. The Bertz CT molecular complexity index is 554. The summed E-state index contributed by atoms with van der Waals surface area (Å²) in [5, 5.41) is 3.26. The molecule has 0 fully saturated rings. The first-order chi connectivity index (χ1) is 8.65. The highest BCUT2D eigenvalue weighted by atomic mass is 79.9. The van der Waals surface area contributed by atoms with Gasteiger partial charge in [-0.15, -0.1) is 11.3 Å². The van der Waals surface area contributed by atoms with Crippen molar-refractivity contribution in [2.75, 3.05) is 11.9 Å². The Labute approximate surface area is 124 Å². The van der Waals surface area contributed by atoms with Gasteiger partial charge >= 0.3 is 0 Å². The van der Waals surface area contributed by atoms with E-state index in [1.807, 2.05) is 18.2 Å². The smallest absolute Gasteiger partial charge is 0.126 e. The number of rotatable bonds is 5. The van der Waals surface area contributed by atoms with E-state index in [1.165, 1.54) is 4.88 Å². The van der Waals surface area contributed by atoms with Gasteiger partial charge in [0.2, 0.25) is 0 Å². The number of pyridine rings is 1. The highest BCUT2D eigenvalue weighted by Crippen LogP contribution is 2.22. The summed E-state index contributed by atoms with van der Waals surface area (Å²) in [5.41, 5.74) is 6.19. The number of hydrogen-bond donors (Lipinski definition) is 2. The standard InChI is InChI=1S/C12H12BrN3S2/c13-10-5-4-8(18-10)6-7-15-11-3-1-2-9(16-11)12(14)17/h1-5H,6-7H2,(H2,14,17)(H,15,16). The predicted molar refractivity (Wildman–Crippen MR) is 84.3 cm³/mol. The van der Waals surface area contributed by atoms with Crippen molar-refractivity contribution in [1.82, 2.24) is 4.98 Å². The summed E-state index contributed by atoms with van der Waals surface area (Å²) < 4.78 is 1.16. The van der Waals surface area contributed by atoms with Crippen molar-refractivity contribution < 1.29 is 0 Å². The minimum absolute atomic E-state index is 0.320. The minimum Gasteiger partial charge on any atom is -0.388 e. The van der Waals surface area contributed by atoms with Crippen molar-refractivity contribution in [1.29, 1.82) is 0 Å². The van der Waals surface area contributed by atoms with E-state index >= 15 is 0 Å². The number of nitrogens with one attached hydrogen (secondary N) is 1. The van der Waals surface area contributed by atoms with E-state index < -0.39 is 0 Å². The Morgan fingerprint density at radius 3 is 2.89 bits per heavy atom. The third-order valence-electron chi connectivity index (χ3n) is 2.31. The molecule has 0 bridgehead atoms. The molecule has 2 aromatic rings. The number of aromatic nitrogens is 1. The maximum atomic E-state index is 5.54. The zero-order valence-electron chi connectivity index (χ0n) is 9.52. The van der Waals surface area contributed by atoms with Crippen LogP contribution in [0.4, 0.5) is 5.82 Å². The highest BCUT2D eigenvalue weighted by Gasteiger charge is 2.01. The van der Waals surface area contributed by atoms with Crippen LogP contribution >= 0.6 is 39.5 Å². The van der Waals surface area contributed by atoms with Gasteiger partial charge in [-0.1, -0.05) is 18.3 Å². The number of anilines is 1. The molecular formula is C12H12BrN3S2. The van der Waals surface area contributed by atoms with Gasteiger partial charge in [0.05, 0.1) is 9.48 Å². The van der Waals surface area contributed by atoms with Crippen LogP contribution in [0, 0.1) is 0 Å². The lowest BCUT2D eigenvalue weighted by molar-refractivity contribution is 1.03. The summed E-state index contributed by atoms with van der Waals surface area (Å²) >= 11 is 10.1. The molecule has 18 heavy (non-hydrogen) atoms. The molecule has 0 unspecified atom stereocenters. The molecule has 0 aliphatic heterocycles. The topological polar surface area (TPSA) is 50.9 Å². The molecule has 0 spiro atoms. The van der Waals surface area contributed by atoms with Gasteiger partial charge in [0.1, 0.15) is 10.8 Å². The molecule has 94 valence electrons. The maximum Gasteiger partial charge on any atom is 0.126 e. The average Bonchev–Trinajstić information content (AvgIpc) is 2.75. The van der Waals surface area contributed by atoms with E-state index in [0.29, 0.717) is 10.7 Å². The van der Waals surface area contributed by atoms with Crippen LogP contribution in [0.3, 0.4) is 0 Å². The first-order valence-corrected chi connectivity index (χ1v) is 7.42. The van der Waals surface area contributed by atoms with Crippen molar-refractivity contribution in [3.05, 3.63) is 44.7 Å². The summed E-state index contributed by atoms with van der Waals surface area (Å²) in [6.07, 6.45) is 0.968. The molecule has 3 N–H and O–H groups in total. The van der Waals surface area contributed by atoms with Crippen molar-refractivity contribution in [2.24, 2.45) is 5.73 Å². The van der Waals surface area contributed by atoms with Crippen LogP contribution in [0.25, 0.3) is 0 Å². The van der Waals surface area contributed by atoms with Crippen LogP contribution in [-0.2, 0) is 6.42 Å². The summed E-state index contributed by atoms with van der Waals surface area (Å²) in [4.78, 5) is 5.98. The molecule has 2 heterocycles. The van der Waals surface area contributed by atoms with Crippen molar-refractivity contribution in [2.45, 2.75) is 6.42 Å². The van der Waals surface area contributed by atoms with Gasteiger partial charge < -0.3 is 11.1 Å². The number of thiophene rings is 1. The number of nitrogens with two attached hydrogens (primary N) is 1. The van der Waals surface area contributed by atoms with Crippen LogP contribution in [0.1, 0.15) is 10.6 Å². The molecule has 0 aliphatic carbocycles. The molecular weight excluding hydrogens is 330 g/mol. The zero-order chi connectivity index (χ0) is 13.0. The Morgan fingerprint density at radius 2 is 2.22 bits per heavy atom. The molecule has 6 heteroatoms. The summed E-state index contributed by atoms with van der Waals surface area (Å²) in [6, 6.07) is 9.79. The van der Waals surface area contributed by atoms with Gasteiger partial charge in [-0.25, -0.2) is 4.98 Å². The fourth-order valence-electron chi connectivity index (χ4n) is 1.47. The predicted octanol–water partition coefficient (Wildman–Crippen LogP) is 3.19. The van der Waals surface area contributed by atoms with E-state index in [2.05, 4.69) is 38.4 Å². The van der Waals surface area contributed by atoms with Gasteiger partial charge in [-0.2, -0.15) is 0 Å². The second-order valence-corrected chi connectivity index (χ2v) is 6.64. The van der Waals surface area contributed by atoms with Crippen LogP contribution in [0.15, 0.2) is 34.1 Å². The maximum absolute atomic E-state index is 5.54. The first-order valence-electron chi connectivity index (χ1n) is 5.40. The molecule has 0 aliphatic rings. The Balaban J connectivity index is 1.90. The Morgan fingerprint density at radius 1 is 1.39 bits per heavy atom. The van der Waals surface area contributed by atoms with E-state index in [1.54, 1.807) is 11.3 Å². The Kier molecular flexibility index (Phi) is 4.68. The van der Waals surface area contributed by atoms with Gasteiger partial charge in [0.15, 0.2) is 0 Å². The highest BCUT2D eigenvalue weighted by molar-refractivity contribution is 9.11. The molecule has 0 amide bonds. The summed E-state index contributed by atoms with van der Waals surface area (Å²) in [7, 11) is 0. The van der Waals surface area contributed by atoms with E-state index in [4.69, 9.17) is 18.0 Å². The molecule has 0 saturated heterocycles. The van der Waals surface area contributed by atoms with Gasteiger partial charge in [-0.05, 0) is 46.6 Å². The van der Waals surface area contributed by atoms with Gasteiger partial charge in [0, 0.05) is 11.4 Å². The average molecular weight is 342 g/mol. The third-order valence-corrected chi connectivity index (χ3v) is 4.20. The van der Waals surface area contributed by atoms with Gasteiger partial charge in [0.25, 0.3) is 0 Å². The van der Waals surface area contributed by atoms with Crippen LogP contribution < -0.4 is 11.1 Å². The molecule has 0 atom stereocenters. The monoisotopic (exact) mass is 341 g/mol. The van der Waals surface area contributed by atoms with Crippen LogP contribution in [-0.4, -0.2) is 16.5 Å². The van der Waals surface area contributed by atoms with E-state index in [-0.39, 0.29) is 0 Å². The minimum atomic E-state index is 0.320. The summed E-state index contributed by atoms with van der Waals surface area (Å²) in [5.74, 6) is 0.802. The van der Waals surface area contributed by atoms with Crippen LogP contribution in [0.2, 0.25) is 0 Å². The number of nitrogens with zero attached hydrogens (tertiary/aromatic N) is 1. The van der Waals surface area contributed by atoms with E-state index in [9.17, 15) is 0 Å². The first kappa shape index (κ1) is 13.5. The van der Waals surface area contributed by atoms with Crippen molar-refractivity contribution in [3.63, 3.8) is 0 Å². The molecule has 0 radical (unpaired) electrons. The lowest BCUT2D eigenvalue weighted by Gasteiger charge is -2.06. The van der Waals surface area contributed by atoms with Gasteiger partial charge in [-0.3, -0.25) is 0 Å². The zero-order valence-corrected chi connectivity index (χ0v) is 12.7. The normalized spacial score (nSPS) is 10.3. The number of thiocarbonyl (C=S) groups is 1. The number of halogens is 1.